The monoisotopic (exact) mass is 360 g/mol. The van der Waals surface area contributed by atoms with Crippen LogP contribution in [0.3, 0.4) is 0 Å². The van der Waals surface area contributed by atoms with Crippen molar-refractivity contribution in [2.75, 3.05) is 12.4 Å². The molecule has 0 radical (unpaired) electrons. The fourth-order valence-electron chi connectivity index (χ4n) is 3.05. The second-order valence-electron chi connectivity index (χ2n) is 5.43. The van der Waals surface area contributed by atoms with Gasteiger partial charge in [-0.25, -0.2) is 8.42 Å². The van der Waals surface area contributed by atoms with Crippen LogP contribution in [0.2, 0.25) is 0 Å². The minimum Gasteiger partial charge on any atom is -0.493 e. The van der Waals surface area contributed by atoms with Crippen LogP contribution in [0.1, 0.15) is 36.5 Å². The Morgan fingerprint density at radius 2 is 2.15 bits per heavy atom. The maximum atomic E-state index is 12.2. The van der Waals surface area contributed by atoms with E-state index in [-0.39, 0.29) is 5.75 Å². The van der Waals surface area contributed by atoms with Gasteiger partial charge in [0.15, 0.2) is 9.84 Å². The summed E-state index contributed by atoms with van der Waals surface area (Å²) in [6.07, 6.45) is 1.84. The maximum absolute atomic E-state index is 12.2. The number of halogens is 1. The summed E-state index contributed by atoms with van der Waals surface area (Å²) in [4.78, 5) is 0. The number of aliphatic hydroxyl groups excluding tert-OH is 1. The van der Waals surface area contributed by atoms with Gasteiger partial charge in [-0.05, 0) is 30.5 Å². The van der Waals surface area contributed by atoms with Gasteiger partial charge in [0.05, 0.1) is 23.7 Å². The Morgan fingerprint density at radius 1 is 1.35 bits per heavy atom. The van der Waals surface area contributed by atoms with Crippen molar-refractivity contribution in [2.24, 2.45) is 0 Å². The molecule has 4 nitrogen and oxygen atoms in total. The Labute approximate surface area is 127 Å². The molecule has 110 valence electrons. The van der Waals surface area contributed by atoms with Gasteiger partial charge in [-0.3, -0.25) is 0 Å². The Hall–Kier alpha value is -0.590. The Bertz CT molecular complexity index is 626. The lowest BCUT2D eigenvalue weighted by Crippen LogP contribution is -2.34. The first kappa shape index (κ1) is 14.4. The van der Waals surface area contributed by atoms with Crippen LogP contribution in [0.5, 0.6) is 5.75 Å². The first-order valence-corrected chi connectivity index (χ1v) is 9.34. The third-order valence-electron chi connectivity index (χ3n) is 4.08. The van der Waals surface area contributed by atoms with Gasteiger partial charge in [0.25, 0.3) is 0 Å². The zero-order chi connectivity index (χ0) is 14.3. The topological polar surface area (TPSA) is 63.6 Å². The highest BCUT2D eigenvalue weighted by Gasteiger charge is 2.37. The number of aliphatic hydroxyl groups is 1. The summed E-state index contributed by atoms with van der Waals surface area (Å²) in [6.45, 7) is 0.586. The second kappa shape index (κ2) is 5.31. The van der Waals surface area contributed by atoms with E-state index < -0.39 is 21.2 Å². The van der Waals surface area contributed by atoms with Gasteiger partial charge in [0, 0.05) is 16.5 Å². The molecule has 0 aliphatic carbocycles. The molecule has 0 amide bonds. The molecule has 0 bridgehead atoms. The van der Waals surface area contributed by atoms with Crippen molar-refractivity contribution in [1.82, 2.24) is 0 Å². The lowest BCUT2D eigenvalue weighted by molar-refractivity contribution is 0.160. The van der Waals surface area contributed by atoms with Crippen molar-refractivity contribution >= 4 is 25.8 Å². The van der Waals surface area contributed by atoms with Gasteiger partial charge in [0.1, 0.15) is 5.75 Å². The lowest BCUT2D eigenvalue weighted by Gasteiger charge is -2.27. The quantitative estimate of drug-likeness (QED) is 0.879. The maximum Gasteiger partial charge on any atom is 0.156 e. The number of benzene rings is 1. The number of sulfone groups is 1. The average Bonchev–Trinajstić information content (AvgIpc) is 2.84. The van der Waals surface area contributed by atoms with E-state index in [1.807, 2.05) is 6.07 Å². The van der Waals surface area contributed by atoms with Gasteiger partial charge in [-0.2, -0.15) is 0 Å². The molecule has 1 fully saturated rings. The van der Waals surface area contributed by atoms with E-state index in [9.17, 15) is 13.5 Å². The molecule has 6 heteroatoms. The molecule has 0 saturated carbocycles. The predicted molar refractivity (Wildman–Crippen MR) is 79.7 cm³/mol. The molecular weight excluding hydrogens is 344 g/mol. The predicted octanol–water partition coefficient (Wildman–Crippen LogP) is 2.38. The van der Waals surface area contributed by atoms with Crippen LogP contribution in [0.4, 0.5) is 0 Å². The number of hydrogen-bond donors (Lipinski definition) is 1. The van der Waals surface area contributed by atoms with E-state index in [2.05, 4.69) is 15.9 Å². The van der Waals surface area contributed by atoms with Crippen LogP contribution < -0.4 is 4.74 Å². The Morgan fingerprint density at radius 3 is 2.90 bits per heavy atom. The highest BCUT2D eigenvalue weighted by molar-refractivity contribution is 9.10. The summed E-state index contributed by atoms with van der Waals surface area (Å²) >= 11 is 3.42. The summed E-state index contributed by atoms with van der Waals surface area (Å²) in [5.74, 6) is 0.840. The number of fused-ring (bicyclic) bond motifs is 1. The third-order valence-corrected chi connectivity index (χ3v) is 6.81. The van der Waals surface area contributed by atoms with E-state index >= 15 is 0 Å². The summed E-state index contributed by atoms with van der Waals surface area (Å²) in [7, 11) is -3.22. The summed E-state index contributed by atoms with van der Waals surface area (Å²) in [5, 5.41) is 9.88. The molecule has 2 unspecified atom stereocenters. The van der Waals surface area contributed by atoms with Crippen LogP contribution in [0.15, 0.2) is 16.6 Å². The van der Waals surface area contributed by atoms with Gasteiger partial charge in [0.2, 0.25) is 0 Å². The summed E-state index contributed by atoms with van der Waals surface area (Å²) in [5.41, 5.74) is 1.63. The van der Waals surface area contributed by atoms with Gasteiger partial charge in [-0.1, -0.05) is 22.4 Å². The average molecular weight is 361 g/mol. The van der Waals surface area contributed by atoms with Crippen LogP contribution in [-0.2, 0) is 16.3 Å². The normalized spacial score (nSPS) is 25.8. The first-order valence-electron chi connectivity index (χ1n) is 6.84. The first-order chi connectivity index (χ1) is 9.49. The smallest absolute Gasteiger partial charge is 0.156 e. The zero-order valence-corrected chi connectivity index (χ0v) is 13.4. The minimum atomic E-state index is -3.22. The zero-order valence-electron chi connectivity index (χ0n) is 11.0. The molecule has 0 aromatic heterocycles. The summed E-state index contributed by atoms with van der Waals surface area (Å²) < 4.78 is 30.8. The molecule has 1 N–H and O–H groups in total. The molecule has 2 aliphatic rings. The van der Waals surface area contributed by atoms with E-state index in [0.717, 1.165) is 22.9 Å². The third kappa shape index (κ3) is 2.49. The fraction of sp³-hybridized carbons (Fsp3) is 0.571. The van der Waals surface area contributed by atoms with Crippen LogP contribution in [0, 0.1) is 0 Å². The van der Waals surface area contributed by atoms with Crippen molar-refractivity contribution in [1.29, 1.82) is 0 Å². The fourth-order valence-corrected chi connectivity index (χ4v) is 5.55. The highest BCUT2D eigenvalue weighted by atomic mass is 79.9. The highest BCUT2D eigenvalue weighted by Crippen LogP contribution is 2.40. The van der Waals surface area contributed by atoms with Crippen LogP contribution in [0.25, 0.3) is 0 Å². The van der Waals surface area contributed by atoms with Crippen LogP contribution >= 0.6 is 15.9 Å². The molecule has 3 rings (SSSR count). The standard InChI is InChI=1S/C14H17BrO4S/c15-10-7-9-4-5-19-14(9)11(8-10)13(16)12-3-1-2-6-20(12,17)18/h7-8,12-13,16H,1-6H2. The van der Waals surface area contributed by atoms with Crippen LogP contribution in [-0.4, -0.2) is 31.1 Å². The van der Waals surface area contributed by atoms with Crippen molar-refractivity contribution in [3.63, 3.8) is 0 Å². The minimum absolute atomic E-state index is 0.172. The molecule has 1 aromatic rings. The Balaban J connectivity index is 2.01. The Kier molecular flexibility index (Phi) is 3.81. The van der Waals surface area contributed by atoms with Crippen molar-refractivity contribution in [2.45, 2.75) is 37.0 Å². The molecule has 2 aliphatic heterocycles. The molecule has 0 spiro atoms. The van der Waals surface area contributed by atoms with E-state index in [1.54, 1.807) is 6.07 Å². The molecular formula is C14H17BrO4S. The van der Waals surface area contributed by atoms with Crippen molar-refractivity contribution in [3.8, 4) is 5.75 Å². The van der Waals surface area contributed by atoms with Crippen molar-refractivity contribution in [3.05, 3.63) is 27.7 Å². The van der Waals surface area contributed by atoms with E-state index in [0.29, 0.717) is 30.8 Å². The number of hydrogen-bond acceptors (Lipinski definition) is 4. The second-order valence-corrected chi connectivity index (χ2v) is 8.68. The van der Waals surface area contributed by atoms with Gasteiger partial charge in [-0.15, -0.1) is 0 Å². The lowest BCUT2D eigenvalue weighted by atomic mass is 9.99. The molecule has 20 heavy (non-hydrogen) atoms. The SMILES string of the molecule is O=S1(=O)CCCCC1C(O)c1cc(Br)cc2c1OCC2. The molecule has 1 saturated heterocycles. The molecule has 1 aromatic carbocycles. The van der Waals surface area contributed by atoms with Gasteiger partial charge < -0.3 is 9.84 Å². The summed E-state index contributed by atoms with van der Waals surface area (Å²) in [6, 6.07) is 3.74. The number of rotatable bonds is 2. The molecule has 2 heterocycles. The van der Waals surface area contributed by atoms with Crippen molar-refractivity contribution < 1.29 is 18.3 Å². The van der Waals surface area contributed by atoms with E-state index in [4.69, 9.17) is 4.74 Å². The van der Waals surface area contributed by atoms with E-state index in [1.165, 1.54) is 0 Å². The molecule has 2 atom stereocenters. The largest absolute Gasteiger partial charge is 0.493 e. The van der Waals surface area contributed by atoms with Gasteiger partial charge >= 0.3 is 0 Å². The number of ether oxygens (including phenoxy) is 1.